The van der Waals surface area contributed by atoms with E-state index in [1.54, 1.807) is 30.8 Å². The monoisotopic (exact) mass is 254 g/mol. The second kappa shape index (κ2) is 4.47. The van der Waals surface area contributed by atoms with Gasteiger partial charge in [-0.15, -0.1) is 0 Å². The summed E-state index contributed by atoms with van der Waals surface area (Å²) in [7, 11) is 0. The van der Waals surface area contributed by atoms with Gasteiger partial charge in [0.2, 0.25) is 0 Å². The third kappa shape index (κ3) is 2.33. The number of aromatic nitrogens is 2. The second-order valence-electron chi connectivity index (χ2n) is 3.89. The number of hydrogen-bond donors (Lipinski definition) is 1. The zero-order valence-corrected chi connectivity index (χ0v) is 10.2. The minimum Gasteiger partial charge on any atom is -0.389 e. The smallest absolute Gasteiger partial charge is 0.123 e. The molecule has 0 aliphatic heterocycles. The van der Waals surface area contributed by atoms with Crippen molar-refractivity contribution in [3.63, 3.8) is 0 Å². The average molecular weight is 255 g/mol. The molecule has 0 bridgehead atoms. The van der Waals surface area contributed by atoms with Crippen LogP contribution in [-0.2, 0) is 0 Å². The first-order valence-electron chi connectivity index (χ1n) is 5.18. The van der Waals surface area contributed by atoms with Gasteiger partial charge in [-0.1, -0.05) is 11.6 Å². The van der Waals surface area contributed by atoms with Crippen LogP contribution >= 0.6 is 11.6 Å². The molecule has 3 nitrogen and oxygen atoms in total. The highest BCUT2D eigenvalue weighted by molar-refractivity contribution is 6.31. The van der Waals surface area contributed by atoms with E-state index in [4.69, 9.17) is 11.6 Å². The van der Waals surface area contributed by atoms with Crippen molar-refractivity contribution in [3.8, 4) is 5.69 Å². The van der Waals surface area contributed by atoms with Crippen molar-refractivity contribution < 1.29 is 9.50 Å². The van der Waals surface area contributed by atoms with Crippen LogP contribution in [0.5, 0.6) is 0 Å². The van der Waals surface area contributed by atoms with Crippen molar-refractivity contribution in [1.29, 1.82) is 0 Å². The topological polar surface area (TPSA) is 38.0 Å². The maximum Gasteiger partial charge on any atom is 0.123 e. The van der Waals surface area contributed by atoms with E-state index >= 15 is 0 Å². The number of halogens is 2. The molecule has 0 fully saturated rings. The van der Waals surface area contributed by atoms with E-state index < -0.39 is 6.10 Å². The summed E-state index contributed by atoms with van der Waals surface area (Å²) in [6.07, 6.45) is 0.861. The van der Waals surface area contributed by atoms with Gasteiger partial charge in [0.25, 0.3) is 0 Å². The van der Waals surface area contributed by atoms with E-state index in [9.17, 15) is 9.50 Å². The van der Waals surface area contributed by atoms with Gasteiger partial charge in [-0.3, -0.25) is 0 Å². The second-order valence-corrected chi connectivity index (χ2v) is 4.29. The number of nitrogens with zero attached hydrogens (tertiary/aromatic N) is 2. The Balaban J connectivity index is 2.58. The molecular formula is C12H12ClFN2O. The summed E-state index contributed by atoms with van der Waals surface area (Å²) in [5.41, 5.74) is 1.79. The van der Waals surface area contributed by atoms with Gasteiger partial charge < -0.3 is 5.11 Å². The van der Waals surface area contributed by atoms with Crippen LogP contribution in [0.3, 0.4) is 0 Å². The van der Waals surface area contributed by atoms with Gasteiger partial charge >= 0.3 is 0 Å². The fraction of sp³-hybridized carbons (Fsp3) is 0.250. The quantitative estimate of drug-likeness (QED) is 0.895. The summed E-state index contributed by atoms with van der Waals surface area (Å²) in [5, 5.41) is 14.4. The molecular weight excluding hydrogens is 243 g/mol. The molecule has 0 radical (unpaired) electrons. The molecule has 1 aromatic carbocycles. The van der Waals surface area contributed by atoms with E-state index in [0.29, 0.717) is 22.0 Å². The fourth-order valence-electron chi connectivity index (χ4n) is 1.63. The molecule has 90 valence electrons. The van der Waals surface area contributed by atoms with Crippen LogP contribution in [0, 0.1) is 12.7 Å². The van der Waals surface area contributed by atoms with Crippen LogP contribution in [0.15, 0.2) is 24.4 Å². The van der Waals surface area contributed by atoms with Gasteiger partial charge in [-0.05, 0) is 32.0 Å². The van der Waals surface area contributed by atoms with Crippen molar-refractivity contribution in [2.75, 3.05) is 0 Å². The summed E-state index contributed by atoms with van der Waals surface area (Å²) in [5.74, 6) is -0.389. The number of aliphatic hydroxyl groups excluding tert-OH is 1. The van der Waals surface area contributed by atoms with Gasteiger partial charge in [0.05, 0.1) is 22.5 Å². The predicted molar refractivity (Wildman–Crippen MR) is 63.9 cm³/mol. The van der Waals surface area contributed by atoms with Gasteiger partial charge in [0.15, 0.2) is 0 Å². The maximum atomic E-state index is 13.1. The molecule has 2 aromatic rings. The Morgan fingerprint density at radius 2 is 2.18 bits per heavy atom. The molecule has 2 rings (SSSR count). The third-order valence-electron chi connectivity index (χ3n) is 2.53. The summed E-state index contributed by atoms with van der Waals surface area (Å²) < 4.78 is 14.7. The predicted octanol–water partition coefficient (Wildman–Crippen LogP) is 3.03. The number of aliphatic hydroxyl groups is 1. The van der Waals surface area contributed by atoms with E-state index in [0.717, 1.165) is 0 Å². The van der Waals surface area contributed by atoms with Gasteiger partial charge in [0.1, 0.15) is 5.82 Å². The van der Waals surface area contributed by atoms with Crippen LogP contribution in [0.1, 0.15) is 24.3 Å². The van der Waals surface area contributed by atoms with Crippen molar-refractivity contribution in [1.82, 2.24) is 9.78 Å². The third-order valence-corrected chi connectivity index (χ3v) is 2.90. The van der Waals surface area contributed by atoms with Gasteiger partial charge in [0, 0.05) is 11.8 Å². The first kappa shape index (κ1) is 12.1. The lowest BCUT2D eigenvalue weighted by molar-refractivity contribution is 0.198. The number of rotatable bonds is 2. The summed E-state index contributed by atoms with van der Waals surface area (Å²) >= 11 is 5.92. The maximum absolute atomic E-state index is 13.1. The van der Waals surface area contributed by atoms with Crippen molar-refractivity contribution in [2.24, 2.45) is 0 Å². The summed E-state index contributed by atoms with van der Waals surface area (Å²) in [6.45, 7) is 3.36. The van der Waals surface area contributed by atoms with Crippen molar-refractivity contribution in [2.45, 2.75) is 20.0 Å². The Morgan fingerprint density at radius 3 is 2.71 bits per heavy atom. The van der Waals surface area contributed by atoms with Gasteiger partial charge in [-0.25, -0.2) is 9.07 Å². The molecule has 0 aliphatic rings. The Labute approximate surface area is 103 Å². The fourth-order valence-corrected chi connectivity index (χ4v) is 1.76. The Kier molecular flexibility index (Phi) is 3.17. The zero-order chi connectivity index (χ0) is 12.6. The van der Waals surface area contributed by atoms with Crippen LogP contribution in [0.4, 0.5) is 4.39 Å². The highest BCUT2D eigenvalue weighted by Gasteiger charge is 2.13. The molecule has 0 aliphatic carbocycles. The highest BCUT2D eigenvalue weighted by atomic mass is 35.5. The number of hydrogen-bond acceptors (Lipinski definition) is 2. The number of aryl methyl sites for hydroxylation is 1. The molecule has 1 unspecified atom stereocenters. The van der Waals surface area contributed by atoms with E-state index in [1.807, 2.05) is 0 Å². The first-order chi connectivity index (χ1) is 7.99. The van der Waals surface area contributed by atoms with E-state index in [2.05, 4.69) is 5.10 Å². The molecule has 0 saturated heterocycles. The minimum absolute atomic E-state index is 0.389. The molecule has 0 spiro atoms. The van der Waals surface area contributed by atoms with Crippen LogP contribution in [-0.4, -0.2) is 14.9 Å². The lowest BCUT2D eigenvalue weighted by atomic mass is 10.1. The van der Waals surface area contributed by atoms with E-state index in [1.165, 1.54) is 12.1 Å². The van der Waals surface area contributed by atoms with Crippen LogP contribution < -0.4 is 0 Å². The Morgan fingerprint density at radius 1 is 1.47 bits per heavy atom. The number of benzene rings is 1. The summed E-state index contributed by atoms with van der Waals surface area (Å²) in [4.78, 5) is 0. The minimum atomic E-state index is -0.774. The molecule has 1 aromatic heterocycles. The average Bonchev–Trinajstić information content (AvgIpc) is 2.59. The largest absolute Gasteiger partial charge is 0.389 e. The molecule has 0 amide bonds. The molecule has 1 N–H and O–H groups in total. The molecule has 17 heavy (non-hydrogen) atoms. The SMILES string of the molecule is Cc1nn(-c2ccc(F)cc2C(C)O)cc1Cl. The zero-order valence-electron chi connectivity index (χ0n) is 9.48. The lowest BCUT2D eigenvalue weighted by Crippen LogP contribution is -2.04. The normalized spacial score (nSPS) is 12.8. The van der Waals surface area contributed by atoms with Crippen molar-refractivity contribution >= 4 is 11.6 Å². The standard InChI is InChI=1S/C12H12ClFN2O/c1-7-11(13)6-16(15-7)12-4-3-9(14)5-10(12)8(2)17/h3-6,8,17H,1-2H3. The van der Waals surface area contributed by atoms with E-state index in [-0.39, 0.29) is 5.82 Å². The molecule has 5 heteroatoms. The van der Waals surface area contributed by atoms with Crippen LogP contribution in [0.25, 0.3) is 5.69 Å². The molecule has 1 heterocycles. The Hall–Kier alpha value is -1.39. The van der Waals surface area contributed by atoms with Crippen molar-refractivity contribution in [3.05, 3.63) is 46.5 Å². The summed E-state index contributed by atoms with van der Waals surface area (Å²) in [6, 6.07) is 4.19. The van der Waals surface area contributed by atoms with Crippen LogP contribution in [0.2, 0.25) is 5.02 Å². The Bertz CT molecular complexity index is 532. The lowest BCUT2D eigenvalue weighted by Gasteiger charge is -2.11. The molecule has 1 atom stereocenters. The highest BCUT2D eigenvalue weighted by Crippen LogP contribution is 2.24. The molecule has 0 saturated carbocycles. The first-order valence-corrected chi connectivity index (χ1v) is 5.56. The van der Waals surface area contributed by atoms with Gasteiger partial charge in [-0.2, -0.15) is 5.10 Å².